The molecule has 9 aromatic rings. The van der Waals surface area contributed by atoms with Gasteiger partial charge in [0.15, 0.2) is 0 Å². The lowest BCUT2D eigenvalue weighted by atomic mass is 9.43. The summed E-state index contributed by atoms with van der Waals surface area (Å²) in [4.78, 5) is 5.20. The molecule has 0 radical (unpaired) electrons. The van der Waals surface area contributed by atoms with Crippen LogP contribution in [0, 0.1) is 0 Å². The van der Waals surface area contributed by atoms with Gasteiger partial charge < -0.3 is 14.1 Å². The van der Waals surface area contributed by atoms with Crippen molar-refractivity contribution in [2.45, 2.75) is 52.4 Å². The highest BCUT2D eigenvalue weighted by molar-refractivity contribution is 6.93. The molecule has 0 fully saturated rings. The molecule has 3 nitrogen and oxygen atoms in total. The lowest BCUT2D eigenvalue weighted by molar-refractivity contribution is 0.669. The van der Waals surface area contributed by atoms with Gasteiger partial charge in [0, 0.05) is 50.7 Å². The maximum absolute atomic E-state index is 6.74. The first-order valence-electron chi connectivity index (χ1n) is 21.8. The van der Waals surface area contributed by atoms with Gasteiger partial charge in [0.1, 0.15) is 11.2 Å². The number of benzene rings is 8. The summed E-state index contributed by atoms with van der Waals surface area (Å²) in [6.45, 7) is 4.48. The summed E-state index contributed by atoms with van der Waals surface area (Å²) >= 11 is 0. The molecular formula is C56H47BN2O. The van der Waals surface area contributed by atoms with Crippen LogP contribution in [0.2, 0.25) is 0 Å². The van der Waals surface area contributed by atoms with Crippen molar-refractivity contribution in [3.63, 3.8) is 0 Å². The molecule has 0 N–H and O–H groups in total. The van der Waals surface area contributed by atoms with Crippen LogP contribution in [-0.4, -0.2) is 6.85 Å². The standard InChI is InChI=1S/C56H47BN2O/c1-3-5-18-38-28-30-50(45(32-38)41-22-12-8-13-23-41)58-52-37-55-47(44-26-16-17-27-54(44)60-55)36-49(52)57-56-48(33-39(19-6-4-2)34-53(56)58)46-35-42(40-20-10-7-11-21-40)29-31-51(46)59(57)43-24-14-9-15-25-43/h7-17,20-37H,3-6,18-19H2,1-2H3. The van der Waals surface area contributed by atoms with Crippen LogP contribution >= 0.6 is 0 Å². The van der Waals surface area contributed by atoms with E-state index in [0.29, 0.717) is 0 Å². The van der Waals surface area contributed by atoms with E-state index in [1.807, 2.05) is 0 Å². The number of anilines is 5. The van der Waals surface area contributed by atoms with Crippen molar-refractivity contribution in [2.24, 2.45) is 0 Å². The lowest BCUT2D eigenvalue weighted by Crippen LogP contribution is -2.61. The molecule has 290 valence electrons. The van der Waals surface area contributed by atoms with Crippen LogP contribution < -0.4 is 20.6 Å². The van der Waals surface area contributed by atoms with Crippen molar-refractivity contribution >= 4 is 68.1 Å². The molecule has 0 unspecified atom stereocenters. The van der Waals surface area contributed by atoms with E-state index in [2.05, 4.69) is 199 Å². The second kappa shape index (κ2) is 15.1. The Labute approximate surface area is 353 Å². The summed E-state index contributed by atoms with van der Waals surface area (Å²) < 4.78 is 6.74. The summed E-state index contributed by atoms with van der Waals surface area (Å²) in [5, 5.41) is 2.29. The number of furan rings is 1. The number of nitrogens with zero attached hydrogens (tertiary/aromatic N) is 2. The third-order valence-electron chi connectivity index (χ3n) is 12.8. The van der Waals surface area contributed by atoms with E-state index in [1.54, 1.807) is 0 Å². The molecule has 0 atom stereocenters. The smallest absolute Gasteiger partial charge is 0.333 e. The minimum atomic E-state index is -0.0963. The molecule has 11 rings (SSSR count). The van der Waals surface area contributed by atoms with Gasteiger partial charge in [0.25, 0.3) is 0 Å². The summed E-state index contributed by atoms with van der Waals surface area (Å²) in [6, 6.07) is 65.5. The molecule has 0 spiro atoms. The van der Waals surface area contributed by atoms with Gasteiger partial charge in [-0.15, -0.1) is 0 Å². The van der Waals surface area contributed by atoms with Crippen molar-refractivity contribution in [1.29, 1.82) is 0 Å². The number of rotatable bonds is 10. The van der Waals surface area contributed by atoms with Gasteiger partial charge in [0.05, 0.1) is 5.69 Å². The highest BCUT2D eigenvalue weighted by Crippen LogP contribution is 2.50. The maximum Gasteiger partial charge on any atom is 0.333 e. The van der Waals surface area contributed by atoms with Crippen molar-refractivity contribution in [1.82, 2.24) is 0 Å². The predicted molar refractivity (Wildman–Crippen MR) is 256 cm³/mol. The molecule has 2 aliphatic heterocycles. The zero-order valence-electron chi connectivity index (χ0n) is 34.4. The Balaban J connectivity index is 1.27. The number of hydrogen-bond donors (Lipinski definition) is 0. The lowest BCUT2D eigenvalue weighted by Gasteiger charge is -2.46. The fourth-order valence-electron chi connectivity index (χ4n) is 9.87. The molecule has 0 saturated carbocycles. The van der Waals surface area contributed by atoms with Crippen molar-refractivity contribution in [3.8, 4) is 33.4 Å². The average Bonchev–Trinajstić information content (AvgIpc) is 3.68. The monoisotopic (exact) mass is 774 g/mol. The van der Waals surface area contributed by atoms with Gasteiger partial charge in [-0.1, -0.05) is 148 Å². The number of hydrogen-bond acceptors (Lipinski definition) is 3. The summed E-state index contributed by atoms with van der Waals surface area (Å²) in [6.07, 6.45) is 6.68. The first-order valence-corrected chi connectivity index (χ1v) is 21.8. The quantitative estimate of drug-likeness (QED) is 0.129. The molecule has 0 aliphatic carbocycles. The van der Waals surface area contributed by atoms with Crippen LogP contribution in [0.5, 0.6) is 0 Å². The zero-order chi connectivity index (χ0) is 40.2. The van der Waals surface area contributed by atoms with Crippen LogP contribution in [0.15, 0.2) is 180 Å². The van der Waals surface area contributed by atoms with E-state index in [1.165, 1.54) is 91.0 Å². The first kappa shape index (κ1) is 36.3. The summed E-state index contributed by atoms with van der Waals surface area (Å²) in [7, 11) is 0. The van der Waals surface area contributed by atoms with Gasteiger partial charge in [0.2, 0.25) is 0 Å². The van der Waals surface area contributed by atoms with E-state index >= 15 is 0 Å². The molecule has 8 aromatic carbocycles. The van der Waals surface area contributed by atoms with E-state index in [9.17, 15) is 0 Å². The molecule has 4 heteroatoms. The first-order chi connectivity index (χ1) is 29.7. The second-order valence-electron chi connectivity index (χ2n) is 16.5. The van der Waals surface area contributed by atoms with Gasteiger partial charge in [-0.25, -0.2) is 0 Å². The Morgan fingerprint density at radius 3 is 1.88 bits per heavy atom. The molecule has 0 saturated heterocycles. The SMILES string of the molecule is CCCCc1ccc(N2c3cc4oc5ccccc5c4cc3B3c4c(cc(CCCC)cc42)-c2cc(-c4ccccc4)ccc2N3c2ccccc2)c(-c2ccccc2)c1. The van der Waals surface area contributed by atoms with Crippen molar-refractivity contribution in [3.05, 3.63) is 187 Å². The third kappa shape index (κ3) is 6.04. The third-order valence-corrected chi connectivity index (χ3v) is 12.8. The van der Waals surface area contributed by atoms with Crippen molar-refractivity contribution in [2.75, 3.05) is 9.71 Å². The number of para-hydroxylation sites is 2. The van der Waals surface area contributed by atoms with Gasteiger partial charge >= 0.3 is 6.85 Å². The highest BCUT2D eigenvalue weighted by atomic mass is 16.3. The fourth-order valence-corrected chi connectivity index (χ4v) is 9.87. The highest BCUT2D eigenvalue weighted by Gasteiger charge is 2.46. The van der Waals surface area contributed by atoms with E-state index in [4.69, 9.17) is 4.42 Å². The number of aryl methyl sites for hydroxylation is 2. The molecule has 60 heavy (non-hydrogen) atoms. The van der Waals surface area contributed by atoms with E-state index < -0.39 is 0 Å². The minimum Gasteiger partial charge on any atom is -0.456 e. The Hall–Kier alpha value is -6.78. The Kier molecular flexibility index (Phi) is 9.15. The van der Waals surface area contributed by atoms with Crippen LogP contribution in [0.25, 0.3) is 55.3 Å². The molecular weight excluding hydrogens is 727 g/mol. The minimum absolute atomic E-state index is 0.0963. The van der Waals surface area contributed by atoms with Crippen LogP contribution in [0.4, 0.5) is 28.4 Å². The van der Waals surface area contributed by atoms with Crippen molar-refractivity contribution < 1.29 is 4.42 Å². The Morgan fingerprint density at radius 2 is 1.12 bits per heavy atom. The molecule has 2 aliphatic rings. The largest absolute Gasteiger partial charge is 0.456 e. The topological polar surface area (TPSA) is 19.6 Å². The normalized spacial score (nSPS) is 12.8. The molecule has 1 aromatic heterocycles. The fraction of sp³-hybridized carbons (Fsp3) is 0.143. The number of fused-ring (bicyclic) bond motifs is 7. The molecule has 0 amide bonds. The van der Waals surface area contributed by atoms with Crippen LogP contribution in [0.1, 0.15) is 50.7 Å². The zero-order valence-corrected chi connectivity index (χ0v) is 34.4. The molecule has 0 bridgehead atoms. The Morgan fingerprint density at radius 1 is 0.450 bits per heavy atom. The average molecular weight is 775 g/mol. The van der Waals surface area contributed by atoms with Gasteiger partial charge in [-0.05, 0) is 119 Å². The summed E-state index contributed by atoms with van der Waals surface area (Å²) in [5.41, 5.74) is 20.6. The van der Waals surface area contributed by atoms with Gasteiger partial charge in [-0.2, -0.15) is 0 Å². The second-order valence-corrected chi connectivity index (χ2v) is 16.5. The van der Waals surface area contributed by atoms with Gasteiger partial charge in [-0.3, -0.25) is 0 Å². The van der Waals surface area contributed by atoms with E-state index in [-0.39, 0.29) is 6.85 Å². The molecule has 3 heterocycles. The van der Waals surface area contributed by atoms with E-state index in [0.717, 1.165) is 53.3 Å². The summed E-state index contributed by atoms with van der Waals surface area (Å²) in [5.74, 6) is 0. The van der Waals surface area contributed by atoms with Crippen LogP contribution in [-0.2, 0) is 12.8 Å². The number of unbranched alkanes of at least 4 members (excludes halogenated alkanes) is 2. The Bertz CT molecular complexity index is 3030. The van der Waals surface area contributed by atoms with Crippen LogP contribution in [0.3, 0.4) is 0 Å². The maximum atomic E-state index is 6.74. The predicted octanol–water partition coefficient (Wildman–Crippen LogP) is 14.3.